The van der Waals surface area contributed by atoms with Gasteiger partial charge in [0.1, 0.15) is 0 Å². The number of alkyl halides is 1. The summed E-state index contributed by atoms with van der Waals surface area (Å²) < 4.78 is 0.817. The van der Waals surface area contributed by atoms with Crippen LogP contribution >= 0.6 is 34.4 Å². The molecular weight excluding hydrogens is 219 g/mol. The summed E-state index contributed by atoms with van der Waals surface area (Å²) in [6.45, 7) is 2.17. The van der Waals surface area contributed by atoms with Crippen molar-refractivity contribution in [2.75, 3.05) is 0 Å². The Kier molecular flexibility index (Phi) is 2.04. The van der Waals surface area contributed by atoms with Crippen LogP contribution < -0.4 is 0 Å². The Morgan fingerprint density at radius 1 is 2.00 bits per heavy atom. The third kappa shape index (κ3) is 1.64. The molecule has 0 amide bonds. The van der Waals surface area contributed by atoms with Crippen molar-refractivity contribution >= 4 is 34.4 Å². The van der Waals surface area contributed by atoms with Crippen molar-refractivity contribution in [2.45, 2.75) is 16.6 Å². The Balaban J connectivity index is 2.42. The van der Waals surface area contributed by atoms with Gasteiger partial charge in [0, 0.05) is 0 Å². The Labute approximate surface area is 61.9 Å². The van der Waals surface area contributed by atoms with Crippen LogP contribution in [0.25, 0.3) is 0 Å². The smallest absolute Gasteiger partial charge is 0.0642 e. The number of hydrogen-bond acceptors (Lipinski definition) is 1. The van der Waals surface area contributed by atoms with E-state index in [1.807, 2.05) is 11.8 Å². The minimum atomic E-state index is 0.817. The van der Waals surface area contributed by atoms with Gasteiger partial charge < -0.3 is 0 Å². The molecule has 1 heterocycles. The molecule has 0 nitrogen and oxygen atoms in total. The fourth-order valence-electron chi connectivity index (χ4n) is 0.557. The van der Waals surface area contributed by atoms with Crippen LogP contribution in [0.15, 0.2) is 11.0 Å². The second kappa shape index (κ2) is 2.40. The maximum Gasteiger partial charge on any atom is 0.0642 e. The monoisotopic (exact) mass is 226 g/mol. The summed E-state index contributed by atoms with van der Waals surface area (Å²) in [7, 11) is 0. The minimum Gasteiger partial charge on any atom is -0.117 e. The lowest BCUT2D eigenvalue weighted by Crippen LogP contribution is -1.76. The Bertz CT molecular complexity index is 98.3. The predicted octanol–water partition coefficient (Wildman–Crippen LogP) is 2.79. The second-order valence-electron chi connectivity index (χ2n) is 1.58. The van der Waals surface area contributed by atoms with E-state index in [1.54, 1.807) is 0 Å². The summed E-state index contributed by atoms with van der Waals surface area (Å²) in [5, 5.41) is 0. The molecule has 1 aliphatic heterocycles. The zero-order valence-corrected chi connectivity index (χ0v) is 7.12. The van der Waals surface area contributed by atoms with Gasteiger partial charge in [-0.2, -0.15) is 0 Å². The first-order valence-corrected chi connectivity index (χ1v) is 4.39. The van der Waals surface area contributed by atoms with Gasteiger partial charge in [-0.15, -0.1) is 11.8 Å². The van der Waals surface area contributed by atoms with Crippen LogP contribution in [0.3, 0.4) is 0 Å². The van der Waals surface area contributed by atoms with Gasteiger partial charge in [0.25, 0.3) is 0 Å². The zero-order chi connectivity index (χ0) is 5.28. The van der Waals surface area contributed by atoms with Crippen molar-refractivity contribution in [3.8, 4) is 0 Å². The molecule has 0 aromatic heterocycles. The van der Waals surface area contributed by atoms with Crippen LogP contribution in [0.5, 0.6) is 0 Å². The average Bonchev–Trinajstić information content (AvgIpc) is 1.87. The number of rotatable bonds is 0. The van der Waals surface area contributed by atoms with Gasteiger partial charge in [-0.05, 0) is 18.2 Å². The molecule has 2 heteroatoms. The van der Waals surface area contributed by atoms with Crippen molar-refractivity contribution in [3.63, 3.8) is 0 Å². The summed E-state index contributed by atoms with van der Waals surface area (Å²) >= 11 is 4.43. The highest BCUT2D eigenvalue weighted by molar-refractivity contribution is 14.1. The number of allylic oxidation sites excluding steroid dienone is 2. The maximum atomic E-state index is 2.46. The van der Waals surface area contributed by atoms with E-state index < -0.39 is 0 Å². The third-order valence-corrected chi connectivity index (χ3v) is 3.16. The fraction of sp³-hybridized carbons (Fsp3) is 0.600. The van der Waals surface area contributed by atoms with E-state index in [2.05, 4.69) is 35.6 Å². The summed E-state index contributed by atoms with van der Waals surface area (Å²) in [4.78, 5) is 1.49. The van der Waals surface area contributed by atoms with E-state index >= 15 is 0 Å². The first-order valence-electron chi connectivity index (χ1n) is 2.26. The lowest BCUT2D eigenvalue weighted by atomic mass is 10.4. The lowest BCUT2D eigenvalue weighted by Gasteiger charge is -1.92. The molecule has 0 bridgehead atoms. The molecule has 1 aliphatic rings. The Morgan fingerprint density at radius 2 is 2.71 bits per heavy atom. The summed E-state index contributed by atoms with van der Waals surface area (Å²) in [6, 6.07) is 0. The second-order valence-corrected chi connectivity index (χ2v) is 5.38. The van der Waals surface area contributed by atoms with Gasteiger partial charge in [-0.1, -0.05) is 28.7 Å². The normalized spacial score (nSPS) is 30.6. The number of hydrogen-bond donors (Lipinski definition) is 0. The van der Waals surface area contributed by atoms with Crippen molar-refractivity contribution in [3.05, 3.63) is 11.0 Å². The molecule has 0 aliphatic carbocycles. The molecule has 1 rings (SSSR count). The third-order valence-electron chi connectivity index (χ3n) is 0.904. The molecule has 0 saturated heterocycles. The molecule has 40 valence electrons. The maximum absolute atomic E-state index is 2.46. The van der Waals surface area contributed by atoms with Crippen LogP contribution in [0.2, 0.25) is 0 Å². The summed E-state index contributed by atoms with van der Waals surface area (Å²) in [6.07, 6.45) is 3.55. The van der Waals surface area contributed by atoms with Crippen LogP contribution in [-0.2, 0) is 0 Å². The van der Waals surface area contributed by atoms with Crippen molar-refractivity contribution in [1.29, 1.82) is 0 Å². The molecule has 0 saturated carbocycles. The van der Waals surface area contributed by atoms with Crippen LogP contribution in [-0.4, -0.2) is 3.26 Å². The average molecular weight is 226 g/mol. The molecule has 0 fully saturated rings. The van der Waals surface area contributed by atoms with E-state index in [-0.39, 0.29) is 0 Å². The van der Waals surface area contributed by atoms with Gasteiger partial charge in [0.05, 0.1) is 3.26 Å². The standard InChI is InChI=1S/C5H7IS/c1-4-2-3-5(6)7-4/h2,5H,3H2,1H3. The summed E-state index contributed by atoms with van der Waals surface area (Å²) in [5.74, 6) is 0. The van der Waals surface area contributed by atoms with Gasteiger partial charge in [-0.3, -0.25) is 0 Å². The van der Waals surface area contributed by atoms with Gasteiger partial charge >= 0.3 is 0 Å². The first-order chi connectivity index (χ1) is 3.29. The number of halogens is 1. The van der Waals surface area contributed by atoms with Crippen molar-refractivity contribution < 1.29 is 0 Å². The van der Waals surface area contributed by atoms with E-state index in [0.29, 0.717) is 0 Å². The molecule has 0 N–H and O–H groups in total. The van der Waals surface area contributed by atoms with Gasteiger partial charge in [0.2, 0.25) is 0 Å². The molecule has 1 unspecified atom stereocenters. The fourth-order valence-corrected chi connectivity index (χ4v) is 2.80. The highest BCUT2D eigenvalue weighted by Crippen LogP contribution is 2.35. The molecule has 0 radical (unpaired) electrons. The van der Waals surface area contributed by atoms with Gasteiger partial charge in [0.15, 0.2) is 0 Å². The van der Waals surface area contributed by atoms with E-state index in [4.69, 9.17) is 0 Å². The quantitative estimate of drug-likeness (QED) is 0.452. The van der Waals surface area contributed by atoms with E-state index in [9.17, 15) is 0 Å². The van der Waals surface area contributed by atoms with Crippen LogP contribution in [0.1, 0.15) is 13.3 Å². The van der Waals surface area contributed by atoms with E-state index in [1.165, 1.54) is 11.3 Å². The topological polar surface area (TPSA) is 0 Å². The number of thioether (sulfide) groups is 1. The van der Waals surface area contributed by atoms with E-state index in [0.717, 1.165) is 3.26 Å². The van der Waals surface area contributed by atoms with Crippen molar-refractivity contribution in [2.24, 2.45) is 0 Å². The SMILES string of the molecule is CC1=CCC(I)S1. The highest BCUT2D eigenvalue weighted by Gasteiger charge is 2.09. The predicted molar refractivity (Wildman–Crippen MR) is 43.8 cm³/mol. The molecule has 7 heavy (non-hydrogen) atoms. The molecule has 1 atom stereocenters. The molecule has 0 spiro atoms. The molecular formula is C5H7IS. The highest BCUT2D eigenvalue weighted by atomic mass is 127. The zero-order valence-electron chi connectivity index (χ0n) is 4.15. The first kappa shape index (κ1) is 5.95. The minimum absolute atomic E-state index is 0.817. The van der Waals surface area contributed by atoms with Gasteiger partial charge in [-0.25, -0.2) is 0 Å². The largest absolute Gasteiger partial charge is 0.117 e. The summed E-state index contributed by atoms with van der Waals surface area (Å²) in [5.41, 5.74) is 0. The molecule has 0 aromatic rings. The van der Waals surface area contributed by atoms with Crippen LogP contribution in [0.4, 0.5) is 0 Å². The Hall–Kier alpha value is 0.820. The van der Waals surface area contributed by atoms with Crippen molar-refractivity contribution in [1.82, 2.24) is 0 Å². The Morgan fingerprint density at radius 3 is 2.86 bits per heavy atom. The molecule has 0 aromatic carbocycles. The lowest BCUT2D eigenvalue weighted by molar-refractivity contribution is 1.24. The van der Waals surface area contributed by atoms with Crippen LogP contribution in [0, 0.1) is 0 Å².